The molecule has 0 spiro atoms. The van der Waals surface area contributed by atoms with Gasteiger partial charge in [0.1, 0.15) is 0 Å². The lowest BCUT2D eigenvalue weighted by Crippen LogP contribution is -2.34. The Labute approximate surface area is 117 Å². The molecule has 0 bridgehead atoms. The number of urea groups is 1. The average Bonchev–Trinajstić information content (AvgIpc) is 2.27. The lowest BCUT2D eigenvalue weighted by molar-refractivity contribution is -0.137. The highest BCUT2D eigenvalue weighted by atomic mass is 79.9. The van der Waals surface area contributed by atoms with Gasteiger partial charge in [-0.15, -0.1) is 0 Å². The van der Waals surface area contributed by atoms with Crippen LogP contribution in [0.5, 0.6) is 0 Å². The minimum absolute atomic E-state index is 0.0174. The smallest absolute Gasteiger partial charge is 0.325 e. The Kier molecular flexibility index (Phi) is 5.94. The number of anilines is 1. The van der Waals surface area contributed by atoms with Crippen LogP contribution in [-0.4, -0.2) is 28.0 Å². The first kappa shape index (κ1) is 15.1. The van der Waals surface area contributed by atoms with E-state index in [-0.39, 0.29) is 19.3 Å². The van der Waals surface area contributed by atoms with E-state index >= 15 is 0 Å². The van der Waals surface area contributed by atoms with E-state index in [0.717, 1.165) is 0 Å². The van der Waals surface area contributed by atoms with Crippen molar-refractivity contribution in [3.8, 4) is 0 Å². The number of carbonyl (C=O) groups excluding carboxylic acids is 2. The molecule has 7 nitrogen and oxygen atoms in total. The van der Waals surface area contributed by atoms with Crippen LogP contribution >= 0.6 is 15.9 Å². The molecule has 0 aliphatic carbocycles. The maximum atomic E-state index is 11.4. The molecule has 1 aromatic rings. The van der Waals surface area contributed by atoms with E-state index in [2.05, 4.69) is 31.5 Å². The number of carboxylic acids is 1. The van der Waals surface area contributed by atoms with Crippen molar-refractivity contribution in [2.75, 3.05) is 5.32 Å². The predicted octanol–water partition coefficient (Wildman–Crippen LogP) is 1.75. The van der Waals surface area contributed by atoms with Crippen molar-refractivity contribution in [1.82, 2.24) is 10.3 Å². The zero-order valence-corrected chi connectivity index (χ0v) is 11.4. The number of rotatable bonds is 5. The Bertz CT molecular complexity index is 493. The molecule has 0 unspecified atom stereocenters. The third kappa shape index (κ3) is 6.51. The maximum Gasteiger partial charge on any atom is 0.325 e. The van der Waals surface area contributed by atoms with Crippen LogP contribution in [0.15, 0.2) is 22.9 Å². The average molecular weight is 330 g/mol. The van der Waals surface area contributed by atoms with Crippen LogP contribution in [0.4, 0.5) is 10.5 Å². The van der Waals surface area contributed by atoms with Crippen molar-refractivity contribution in [2.45, 2.75) is 19.3 Å². The summed E-state index contributed by atoms with van der Waals surface area (Å²) in [7, 11) is 0. The molecule has 1 heterocycles. The number of pyridine rings is 1. The zero-order valence-electron chi connectivity index (χ0n) is 9.85. The molecule has 1 rings (SSSR count). The van der Waals surface area contributed by atoms with Crippen molar-refractivity contribution in [2.24, 2.45) is 0 Å². The molecule has 102 valence electrons. The molecule has 19 heavy (non-hydrogen) atoms. The van der Waals surface area contributed by atoms with Crippen LogP contribution in [0.25, 0.3) is 0 Å². The Hall–Kier alpha value is -1.96. The van der Waals surface area contributed by atoms with Gasteiger partial charge in [-0.2, -0.15) is 0 Å². The Morgan fingerprint density at radius 2 is 2.00 bits per heavy atom. The molecule has 1 aromatic heterocycles. The third-order valence-electron chi connectivity index (χ3n) is 2.01. The highest BCUT2D eigenvalue weighted by molar-refractivity contribution is 9.10. The van der Waals surface area contributed by atoms with Crippen LogP contribution in [0.1, 0.15) is 19.3 Å². The number of imide groups is 1. The second kappa shape index (κ2) is 7.47. The molecule has 0 aliphatic heterocycles. The number of carbonyl (C=O) groups is 3. The van der Waals surface area contributed by atoms with Gasteiger partial charge in [-0.05, 0) is 28.4 Å². The minimum atomic E-state index is -0.975. The fraction of sp³-hybridized carbons (Fsp3) is 0.273. The molecule has 0 saturated heterocycles. The van der Waals surface area contributed by atoms with Gasteiger partial charge >= 0.3 is 12.0 Å². The van der Waals surface area contributed by atoms with Crippen molar-refractivity contribution in [3.05, 3.63) is 22.9 Å². The molecule has 0 fully saturated rings. The number of carboxylic acid groups (broad SMARTS) is 1. The fourth-order valence-corrected chi connectivity index (χ4v) is 1.60. The molecule has 0 aliphatic rings. The molecular formula is C11H12BrN3O4. The SMILES string of the molecule is O=C(O)CCCC(=O)NC(=O)Nc1cncc(Br)c1. The minimum Gasteiger partial charge on any atom is -0.481 e. The van der Waals surface area contributed by atoms with E-state index in [1.165, 1.54) is 6.20 Å². The fourth-order valence-electron chi connectivity index (χ4n) is 1.23. The quantitative estimate of drug-likeness (QED) is 0.762. The van der Waals surface area contributed by atoms with Crippen LogP contribution in [0.2, 0.25) is 0 Å². The van der Waals surface area contributed by atoms with Gasteiger partial charge in [-0.3, -0.25) is 19.9 Å². The summed E-state index contributed by atoms with van der Waals surface area (Å²) in [6.07, 6.45) is 3.05. The molecule has 0 atom stereocenters. The van der Waals surface area contributed by atoms with E-state index in [1.807, 2.05) is 0 Å². The molecule has 3 amide bonds. The lowest BCUT2D eigenvalue weighted by atomic mass is 10.2. The second-order valence-electron chi connectivity index (χ2n) is 3.64. The predicted molar refractivity (Wildman–Crippen MR) is 70.6 cm³/mol. The molecule has 8 heteroatoms. The number of amides is 3. The van der Waals surface area contributed by atoms with E-state index < -0.39 is 17.9 Å². The highest BCUT2D eigenvalue weighted by Gasteiger charge is 2.09. The number of aliphatic carboxylic acids is 1. The number of nitrogens with one attached hydrogen (secondary N) is 2. The van der Waals surface area contributed by atoms with Crippen LogP contribution < -0.4 is 10.6 Å². The van der Waals surface area contributed by atoms with E-state index in [0.29, 0.717) is 10.2 Å². The summed E-state index contributed by atoms with van der Waals surface area (Å²) in [4.78, 5) is 36.8. The number of nitrogens with zero attached hydrogens (tertiary/aromatic N) is 1. The summed E-state index contributed by atoms with van der Waals surface area (Å²) in [6, 6.07) is 0.946. The number of hydrogen-bond donors (Lipinski definition) is 3. The first-order valence-corrected chi connectivity index (χ1v) is 6.20. The van der Waals surface area contributed by atoms with Crippen LogP contribution in [-0.2, 0) is 9.59 Å². The summed E-state index contributed by atoms with van der Waals surface area (Å²) in [5.74, 6) is -1.50. The van der Waals surface area contributed by atoms with Crippen LogP contribution in [0, 0.1) is 0 Å². The normalized spacial score (nSPS) is 9.74. The van der Waals surface area contributed by atoms with Crippen LogP contribution in [0.3, 0.4) is 0 Å². The Morgan fingerprint density at radius 1 is 1.26 bits per heavy atom. The van der Waals surface area contributed by atoms with Gasteiger partial charge in [0.2, 0.25) is 5.91 Å². The molecule has 0 radical (unpaired) electrons. The van der Waals surface area contributed by atoms with Gasteiger partial charge in [0.15, 0.2) is 0 Å². The summed E-state index contributed by atoms with van der Waals surface area (Å²) < 4.78 is 0.693. The first-order valence-electron chi connectivity index (χ1n) is 5.40. The molecule has 0 saturated carbocycles. The van der Waals surface area contributed by atoms with Crippen molar-refractivity contribution in [3.63, 3.8) is 0 Å². The van der Waals surface area contributed by atoms with E-state index in [1.54, 1.807) is 12.3 Å². The van der Waals surface area contributed by atoms with Gasteiger partial charge < -0.3 is 10.4 Å². The number of halogens is 1. The summed E-state index contributed by atoms with van der Waals surface area (Å²) in [6.45, 7) is 0. The van der Waals surface area contributed by atoms with Gasteiger partial charge in [0, 0.05) is 23.5 Å². The third-order valence-corrected chi connectivity index (χ3v) is 2.44. The zero-order chi connectivity index (χ0) is 14.3. The molecule has 0 aromatic carbocycles. The monoisotopic (exact) mass is 329 g/mol. The number of hydrogen-bond acceptors (Lipinski definition) is 4. The van der Waals surface area contributed by atoms with Crippen molar-refractivity contribution >= 4 is 39.5 Å². The van der Waals surface area contributed by atoms with Gasteiger partial charge in [-0.25, -0.2) is 4.79 Å². The van der Waals surface area contributed by atoms with E-state index in [9.17, 15) is 14.4 Å². The topological polar surface area (TPSA) is 108 Å². The molecular weight excluding hydrogens is 318 g/mol. The van der Waals surface area contributed by atoms with Gasteiger partial charge in [0.05, 0.1) is 11.9 Å². The molecule has 3 N–H and O–H groups in total. The van der Waals surface area contributed by atoms with Gasteiger partial charge in [-0.1, -0.05) is 0 Å². The number of aromatic nitrogens is 1. The van der Waals surface area contributed by atoms with E-state index in [4.69, 9.17) is 5.11 Å². The first-order chi connectivity index (χ1) is 8.97. The van der Waals surface area contributed by atoms with Gasteiger partial charge in [0.25, 0.3) is 0 Å². The Balaban J connectivity index is 2.34. The summed E-state index contributed by atoms with van der Waals surface area (Å²) >= 11 is 3.19. The summed E-state index contributed by atoms with van der Waals surface area (Å²) in [5.41, 5.74) is 0.435. The highest BCUT2D eigenvalue weighted by Crippen LogP contribution is 2.13. The summed E-state index contributed by atoms with van der Waals surface area (Å²) in [5, 5.41) is 12.9. The largest absolute Gasteiger partial charge is 0.481 e. The maximum absolute atomic E-state index is 11.4. The second-order valence-corrected chi connectivity index (χ2v) is 4.56. The van der Waals surface area contributed by atoms with Crippen molar-refractivity contribution < 1.29 is 19.5 Å². The lowest BCUT2D eigenvalue weighted by Gasteiger charge is -2.06. The Morgan fingerprint density at radius 3 is 2.63 bits per heavy atom. The van der Waals surface area contributed by atoms with Crippen molar-refractivity contribution in [1.29, 1.82) is 0 Å². The standard InChI is InChI=1S/C11H12BrN3O4/c12-7-4-8(6-13-5-7)14-11(19)15-9(16)2-1-3-10(17)18/h4-6H,1-3H2,(H,17,18)(H2,14,15,16,19).